The zero-order chi connectivity index (χ0) is 15.2. The highest BCUT2D eigenvalue weighted by molar-refractivity contribution is 9.10. The van der Waals surface area contributed by atoms with Crippen molar-refractivity contribution >= 4 is 37.8 Å². The molecule has 0 aliphatic heterocycles. The third kappa shape index (κ3) is 5.44. The van der Waals surface area contributed by atoms with Crippen LogP contribution in [0.4, 0.5) is 0 Å². The second-order valence-electron chi connectivity index (χ2n) is 5.49. The van der Waals surface area contributed by atoms with Crippen molar-refractivity contribution in [2.75, 3.05) is 19.0 Å². The van der Waals surface area contributed by atoms with Gasteiger partial charge in [-0.15, -0.1) is 0 Å². The first-order chi connectivity index (χ1) is 9.39. The molecular formula is C15H21Br2NO2. The van der Waals surface area contributed by atoms with Crippen LogP contribution in [0.25, 0.3) is 0 Å². The Morgan fingerprint density at radius 2 is 2.10 bits per heavy atom. The van der Waals surface area contributed by atoms with Crippen LogP contribution in [0.3, 0.4) is 0 Å². The summed E-state index contributed by atoms with van der Waals surface area (Å²) in [5.41, 5.74) is 0.738. The van der Waals surface area contributed by atoms with Crippen LogP contribution in [0.2, 0.25) is 0 Å². The van der Waals surface area contributed by atoms with Gasteiger partial charge in [-0.25, -0.2) is 0 Å². The minimum Gasteiger partial charge on any atom is -0.496 e. The molecule has 0 aliphatic rings. The van der Waals surface area contributed by atoms with E-state index in [9.17, 15) is 4.79 Å². The molecule has 1 aromatic rings. The minimum atomic E-state index is -0.0553. The number of hydrogen-bond donors (Lipinski definition) is 1. The van der Waals surface area contributed by atoms with E-state index in [0.29, 0.717) is 12.1 Å². The van der Waals surface area contributed by atoms with Crippen molar-refractivity contribution in [2.24, 2.45) is 5.41 Å². The van der Waals surface area contributed by atoms with Gasteiger partial charge in [-0.1, -0.05) is 29.8 Å². The lowest BCUT2D eigenvalue weighted by Gasteiger charge is -2.24. The maximum absolute atomic E-state index is 12.1. The molecule has 5 heteroatoms. The van der Waals surface area contributed by atoms with Gasteiger partial charge in [0.25, 0.3) is 5.91 Å². The summed E-state index contributed by atoms with van der Waals surface area (Å²) in [6.07, 6.45) is 2.18. The quantitative estimate of drug-likeness (QED) is 0.682. The van der Waals surface area contributed by atoms with Gasteiger partial charge in [0.05, 0.1) is 11.6 Å². The Morgan fingerprint density at radius 1 is 1.40 bits per heavy atom. The van der Waals surface area contributed by atoms with Crippen molar-refractivity contribution in [3.63, 3.8) is 0 Å². The second-order valence-corrected chi connectivity index (χ2v) is 7.14. The largest absolute Gasteiger partial charge is 0.496 e. The topological polar surface area (TPSA) is 38.3 Å². The fourth-order valence-corrected chi connectivity index (χ4v) is 2.68. The summed E-state index contributed by atoms with van der Waals surface area (Å²) in [5.74, 6) is 0.666. The van der Waals surface area contributed by atoms with Crippen molar-refractivity contribution in [1.82, 2.24) is 5.32 Å². The molecule has 3 nitrogen and oxygen atoms in total. The number of rotatable bonds is 7. The number of carbonyl (C=O) groups excluding carboxylic acids is 1. The van der Waals surface area contributed by atoms with Gasteiger partial charge in [0, 0.05) is 17.4 Å². The molecule has 0 atom stereocenters. The molecule has 0 unspecified atom stereocenters. The van der Waals surface area contributed by atoms with Crippen LogP contribution in [-0.4, -0.2) is 24.9 Å². The van der Waals surface area contributed by atoms with E-state index in [1.165, 1.54) is 0 Å². The van der Waals surface area contributed by atoms with Crippen molar-refractivity contribution < 1.29 is 9.53 Å². The summed E-state index contributed by atoms with van der Waals surface area (Å²) >= 11 is 6.83. The van der Waals surface area contributed by atoms with Crippen LogP contribution < -0.4 is 10.1 Å². The van der Waals surface area contributed by atoms with Gasteiger partial charge in [-0.2, -0.15) is 0 Å². The molecule has 0 aromatic heterocycles. The summed E-state index contributed by atoms with van der Waals surface area (Å²) in [7, 11) is 1.60. The molecule has 0 saturated heterocycles. The number of carbonyl (C=O) groups is 1. The van der Waals surface area contributed by atoms with Crippen molar-refractivity contribution in [3.05, 3.63) is 28.2 Å². The normalized spacial score (nSPS) is 11.2. The molecule has 0 spiro atoms. The summed E-state index contributed by atoms with van der Waals surface area (Å²) in [6.45, 7) is 5.00. The summed E-state index contributed by atoms with van der Waals surface area (Å²) in [5, 5.41) is 3.99. The first-order valence-electron chi connectivity index (χ1n) is 6.57. The summed E-state index contributed by atoms with van der Waals surface area (Å²) in [6, 6.07) is 5.33. The lowest BCUT2D eigenvalue weighted by Crippen LogP contribution is -2.34. The van der Waals surface area contributed by atoms with Gasteiger partial charge in [-0.05, 0) is 52.4 Å². The molecule has 0 heterocycles. The van der Waals surface area contributed by atoms with Crippen LogP contribution in [0.1, 0.15) is 37.0 Å². The van der Waals surface area contributed by atoms with Crippen LogP contribution in [0.5, 0.6) is 5.75 Å². The molecule has 1 rings (SSSR count). The van der Waals surface area contributed by atoms with E-state index in [0.717, 1.165) is 28.4 Å². The second kappa shape index (κ2) is 8.03. The number of methoxy groups -OCH3 is 1. The maximum atomic E-state index is 12.1. The van der Waals surface area contributed by atoms with E-state index in [2.05, 4.69) is 51.0 Å². The van der Waals surface area contributed by atoms with Crippen LogP contribution in [0.15, 0.2) is 22.7 Å². The van der Waals surface area contributed by atoms with E-state index in [1.807, 2.05) is 0 Å². The highest BCUT2D eigenvalue weighted by Gasteiger charge is 2.19. The molecule has 0 fully saturated rings. The van der Waals surface area contributed by atoms with Crippen LogP contribution in [0, 0.1) is 5.41 Å². The summed E-state index contributed by atoms with van der Waals surface area (Å²) < 4.78 is 5.94. The van der Waals surface area contributed by atoms with E-state index < -0.39 is 0 Å². The van der Waals surface area contributed by atoms with Crippen LogP contribution >= 0.6 is 31.9 Å². The Kier molecular flexibility index (Phi) is 7.03. The fourth-order valence-electron chi connectivity index (χ4n) is 1.86. The average molecular weight is 407 g/mol. The summed E-state index contributed by atoms with van der Waals surface area (Å²) in [4.78, 5) is 12.1. The zero-order valence-corrected chi connectivity index (χ0v) is 15.3. The number of halogens is 2. The number of benzene rings is 1. The number of hydrogen-bond acceptors (Lipinski definition) is 2. The average Bonchev–Trinajstić information content (AvgIpc) is 2.42. The van der Waals surface area contributed by atoms with Gasteiger partial charge in [-0.3, -0.25) is 4.79 Å². The molecule has 0 radical (unpaired) electrons. The lowest BCUT2D eigenvalue weighted by molar-refractivity contribution is 0.0934. The highest BCUT2D eigenvalue weighted by Crippen LogP contribution is 2.26. The van der Waals surface area contributed by atoms with Crippen molar-refractivity contribution in [2.45, 2.75) is 26.7 Å². The number of alkyl halides is 1. The lowest BCUT2D eigenvalue weighted by atomic mass is 9.88. The Hall–Kier alpha value is -0.550. The molecule has 1 aromatic carbocycles. The monoisotopic (exact) mass is 405 g/mol. The van der Waals surface area contributed by atoms with E-state index in [-0.39, 0.29) is 11.3 Å². The smallest absolute Gasteiger partial charge is 0.251 e. The fraction of sp³-hybridized carbons (Fsp3) is 0.533. The van der Waals surface area contributed by atoms with Gasteiger partial charge in [0.15, 0.2) is 0 Å². The molecule has 0 bridgehead atoms. The van der Waals surface area contributed by atoms with Gasteiger partial charge in [0.1, 0.15) is 5.75 Å². The van der Waals surface area contributed by atoms with Crippen LogP contribution in [-0.2, 0) is 0 Å². The van der Waals surface area contributed by atoms with Gasteiger partial charge in [0.2, 0.25) is 0 Å². The Morgan fingerprint density at radius 3 is 2.65 bits per heavy atom. The maximum Gasteiger partial charge on any atom is 0.251 e. The minimum absolute atomic E-state index is 0.0553. The highest BCUT2D eigenvalue weighted by atomic mass is 79.9. The third-order valence-electron chi connectivity index (χ3n) is 3.13. The van der Waals surface area contributed by atoms with E-state index in [4.69, 9.17) is 4.74 Å². The molecule has 112 valence electrons. The van der Waals surface area contributed by atoms with Crippen molar-refractivity contribution in [1.29, 1.82) is 0 Å². The third-order valence-corrected chi connectivity index (χ3v) is 4.31. The number of ether oxygens (including phenoxy) is 1. The number of amides is 1. The first-order valence-corrected chi connectivity index (χ1v) is 8.49. The molecule has 20 heavy (non-hydrogen) atoms. The Labute approximate surface area is 137 Å². The Balaban J connectivity index is 2.61. The molecule has 0 saturated carbocycles. The van der Waals surface area contributed by atoms with Gasteiger partial charge < -0.3 is 10.1 Å². The standard InChI is InChI=1S/C15H21Br2NO2/c1-15(2,7-4-8-16)10-18-14(19)11-5-6-13(20-3)12(17)9-11/h5-6,9H,4,7-8,10H2,1-3H3,(H,18,19). The SMILES string of the molecule is COc1ccc(C(=O)NCC(C)(C)CCCBr)cc1Br. The molecular weight excluding hydrogens is 386 g/mol. The molecule has 1 N–H and O–H groups in total. The number of nitrogens with one attached hydrogen (secondary N) is 1. The predicted molar refractivity (Wildman–Crippen MR) is 89.8 cm³/mol. The molecule has 1 amide bonds. The van der Waals surface area contributed by atoms with E-state index >= 15 is 0 Å². The van der Waals surface area contributed by atoms with Crippen molar-refractivity contribution in [3.8, 4) is 5.75 Å². The molecule has 0 aliphatic carbocycles. The van der Waals surface area contributed by atoms with Gasteiger partial charge >= 0.3 is 0 Å². The Bertz CT molecular complexity index is 461. The predicted octanol–water partition coefficient (Wildman–Crippen LogP) is 4.39. The first kappa shape index (κ1) is 17.5. The zero-order valence-electron chi connectivity index (χ0n) is 12.1. The van der Waals surface area contributed by atoms with E-state index in [1.54, 1.807) is 25.3 Å².